The Hall–Kier alpha value is -2.72. The van der Waals surface area contributed by atoms with E-state index >= 15 is 0 Å². The Morgan fingerprint density at radius 2 is 1.72 bits per heavy atom. The van der Waals surface area contributed by atoms with Gasteiger partial charge in [0.2, 0.25) is 5.91 Å². The van der Waals surface area contributed by atoms with Crippen LogP contribution in [0.5, 0.6) is 0 Å². The van der Waals surface area contributed by atoms with E-state index in [1.54, 1.807) is 0 Å². The number of rotatable bonds is 7. The lowest BCUT2D eigenvalue weighted by Gasteiger charge is -2.26. The summed E-state index contributed by atoms with van der Waals surface area (Å²) in [5.74, 6) is 0.105. The van der Waals surface area contributed by atoms with Crippen molar-refractivity contribution in [3.8, 4) is 11.1 Å². The van der Waals surface area contributed by atoms with Crippen LogP contribution in [0.1, 0.15) is 38.5 Å². The van der Waals surface area contributed by atoms with Gasteiger partial charge in [-0.25, -0.2) is 0 Å². The summed E-state index contributed by atoms with van der Waals surface area (Å²) in [6.07, 6.45) is 8.48. The highest BCUT2D eigenvalue weighted by atomic mass is 16.1. The normalized spacial score (nSPS) is 14.8. The molecule has 1 N–H and O–H groups in total. The number of amides is 1. The lowest BCUT2D eigenvalue weighted by atomic mass is 10.0. The fourth-order valence-corrected chi connectivity index (χ4v) is 4.03. The van der Waals surface area contributed by atoms with Crippen LogP contribution in [0.15, 0.2) is 60.8 Å². The molecule has 1 amide bonds. The van der Waals surface area contributed by atoms with Gasteiger partial charge < -0.3 is 10.2 Å². The molecule has 2 aromatic carbocycles. The molecular formula is C25H29N3O. The molecule has 1 aromatic heterocycles. The summed E-state index contributed by atoms with van der Waals surface area (Å²) in [4.78, 5) is 19.1. The maximum Gasteiger partial charge on any atom is 0.224 e. The molecule has 0 bridgehead atoms. The molecule has 1 aliphatic heterocycles. The Bertz CT molecular complexity index is 946. The molecule has 1 fully saturated rings. The molecule has 1 saturated heterocycles. The van der Waals surface area contributed by atoms with E-state index in [9.17, 15) is 4.79 Å². The molecule has 0 unspecified atom stereocenters. The Morgan fingerprint density at radius 3 is 2.55 bits per heavy atom. The minimum atomic E-state index is 0.105. The van der Waals surface area contributed by atoms with E-state index in [0.717, 1.165) is 47.1 Å². The first-order chi connectivity index (χ1) is 14.3. The number of hydrogen-bond acceptors (Lipinski definition) is 3. The van der Waals surface area contributed by atoms with Gasteiger partial charge in [0, 0.05) is 23.7 Å². The van der Waals surface area contributed by atoms with Crippen LogP contribution in [-0.2, 0) is 4.79 Å². The number of likely N-dealkylation sites (tertiary alicyclic amines) is 1. The van der Waals surface area contributed by atoms with Gasteiger partial charge in [-0.3, -0.25) is 9.78 Å². The third kappa shape index (κ3) is 5.42. The van der Waals surface area contributed by atoms with Crippen molar-refractivity contribution in [2.75, 3.05) is 25.0 Å². The summed E-state index contributed by atoms with van der Waals surface area (Å²) < 4.78 is 0. The molecule has 2 heterocycles. The zero-order chi connectivity index (χ0) is 19.9. The summed E-state index contributed by atoms with van der Waals surface area (Å²) in [6, 6.07) is 18.4. The Kier molecular flexibility index (Phi) is 6.52. The summed E-state index contributed by atoms with van der Waals surface area (Å²) in [5.41, 5.74) is 4.15. The van der Waals surface area contributed by atoms with Crippen LogP contribution in [0, 0.1) is 0 Å². The largest absolute Gasteiger partial charge is 0.326 e. The Labute approximate surface area is 173 Å². The third-order valence-corrected chi connectivity index (χ3v) is 5.68. The Balaban J connectivity index is 1.26. The van der Waals surface area contributed by atoms with E-state index < -0.39 is 0 Å². The van der Waals surface area contributed by atoms with Crippen molar-refractivity contribution in [2.45, 2.75) is 38.5 Å². The van der Waals surface area contributed by atoms with Crippen molar-refractivity contribution in [3.63, 3.8) is 0 Å². The van der Waals surface area contributed by atoms with Gasteiger partial charge in [0.1, 0.15) is 0 Å². The number of unbranched alkanes of at least 4 members (excludes halogenated alkanes) is 1. The molecule has 4 heteroatoms. The number of carbonyl (C=O) groups excluding carboxylic acids is 1. The van der Waals surface area contributed by atoms with E-state index in [1.807, 2.05) is 30.5 Å². The lowest BCUT2D eigenvalue weighted by molar-refractivity contribution is -0.116. The molecule has 1 aliphatic rings. The van der Waals surface area contributed by atoms with Crippen LogP contribution >= 0.6 is 0 Å². The second-order valence-corrected chi connectivity index (χ2v) is 7.90. The van der Waals surface area contributed by atoms with Crippen LogP contribution < -0.4 is 5.32 Å². The number of nitrogens with one attached hydrogen (secondary N) is 1. The molecule has 4 nitrogen and oxygen atoms in total. The summed E-state index contributed by atoms with van der Waals surface area (Å²) in [6.45, 7) is 3.59. The number of benzene rings is 2. The highest BCUT2D eigenvalue weighted by Crippen LogP contribution is 2.25. The number of carbonyl (C=O) groups is 1. The van der Waals surface area contributed by atoms with Crippen molar-refractivity contribution >= 4 is 22.5 Å². The third-order valence-electron chi connectivity index (χ3n) is 5.68. The summed E-state index contributed by atoms with van der Waals surface area (Å²) in [7, 11) is 0. The standard InChI is InChI=1S/C25H29N3O/c29-25(8-2-5-18-28-16-3-1-4-17-28)27-23-12-9-20(10-13-23)21-11-14-24-22(19-21)7-6-15-26-24/h6-7,9-15,19H,1-5,8,16-18H2,(H,27,29). The van der Waals surface area contributed by atoms with Gasteiger partial charge in [-0.15, -0.1) is 0 Å². The minimum Gasteiger partial charge on any atom is -0.326 e. The number of hydrogen-bond donors (Lipinski definition) is 1. The summed E-state index contributed by atoms with van der Waals surface area (Å²) in [5, 5.41) is 4.16. The molecule has 0 saturated carbocycles. The first-order valence-electron chi connectivity index (χ1n) is 10.8. The van der Waals surface area contributed by atoms with Crippen LogP contribution in [0.25, 0.3) is 22.0 Å². The number of nitrogens with zero attached hydrogens (tertiary/aromatic N) is 2. The smallest absolute Gasteiger partial charge is 0.224 e. The van der Waals surface area contributed by atoms with E-state index in [-0.39, 0.29) is 5.91 Å². The molecule has 150 valence electrons. The monoisotopic (exact) mass is 387 g/mol. The molecule has 0 spiro atoms. The van der Waals surface area contributed by atoms with Gasteiger partial charge in [0.25, 0.3) is 0 Å². The average molecular weight is 388 g/mol. The number of aromatic nitrogens is 1. The van der Waals surface area contributed by atoms with Crippen molar-refractivity contribution in [1.82, 2.24) is 9.88 Å². The average Bonchev–Trinajstić information content (AvgIpc) is 2.78. The van der Waals surface area contributed by atoms with Crippen LogP contribution in [-0.4, -0.2) is 35.4 Å². The Morgan fingerprint density at radius 1 is 0.931 bits per heavy atom. The van der Waals surface area contributed by atoms with Gasteiger partial charge in [0.15, 0.2) is 0 Å². The highest BCUT2D eigenvalue weighted by Gasteiger charge is 2.10. The fraction of sp³-hybridized carbons (Fsp3) is 0.360. The van der Waals surface area contributed by atoms with Gasteiger partial charge in [-0.1, -0.05) is 30.7 Å². The second kappa shape index (κ2) is 9.66. The number of fused-ring (bicyclic) bond motifs is 1. The van der Waals surface area contributed by atoms with E-state index in [2.05, 4.69) is 45.5 Å². The van der Waals surface area contributed by atoms with Crippen molar-refractivity contribution < 1.29 is 4.79 Å². The predicted molar refractivity (Wildman–Crippen MR) is 120 cm³/mol. The molecule has 3 aromatic rings. The first-order valence-corrected chi connectivity index (χ1v) is 10.8. The SMILES string of the molecule is O=C(CCCCN1CCCCC1)Nc1ccc(-c2ccc3ncccc3c2)cc1. The van der Waals surface area contributed by atoms with Crippen LogP contribution in [0.4, 0.5) is 5.69 Å². The molecule has 4 rings (SSSR count). The van der Waals surface area contributed by atoms with E-state index in [4.69, 9.17) is 0 Å². The lowest BCUT2D eigenvalue weighted by Crippen LogP contribution is -2.30. The predicted octanol–water partition coefficient (Wildman–Crippen LogP) is 5.50. The molecule has 0 radical (unpaired) electrons. The zero-order valence-corrected chi connectivity index (χ0v) is 16.9. The molecule has 0 aliphatic carbocycles. The van der Waals surface area contributed by atoms with Crippen molar-refractivity contribution in [3.05, 3.63) is 60.8 Å². The summed E-state index contributed by atoms with van der Waals surface area (Å²) >= 11 is 0. The van der Waals surface area contributed by atoms with Crippen LogP contribution in [0.3, 0.4) is 0 Å². The number of anilines is 1. The highest BCUT2D eigenvalue weighted by molar-refractivity contribution is 5.91. The molecule has 29 heavy (non-hydrogen) atoms. The second-order valence-electron chi connectivity index (χ2n) is 7.90. The maximum absolute atomic E-state index is 12.2. The molecule has 0 atom stereocenters. The van der Waals surface area contributed by atoms with Gasteiger partial charge in [-0.05, 0) is 86.8 Å². The molecular weight excluding hydrogens is 358 g/mol. The number of piperidine rings is 1. The van der Waals surface area contributed by atoms with Crippen LogP contribution in [0.2, 0.25) is 0 Å². The topological polar surface area (TPSA) is 45.2 Å². The fourth-order valence-electron chi connectivity index (χ4n) is 4.03. The minimum absolute atomic E-state index is 0.105. The zero-order valence-electron chi connectivity index (χ0n) is 16.9. The van der Waals surface area contributed by atoms with Crippen molar-refractivity contribution in [1.29, 1.82) is 0 Å². The van der Waals surface area contributed by atoms with E-state index in [0.29, 0.717) is 6.42 Å². The van der Waals surface area contributed by atoms with E-state index in [1.165, 1.54) is 32.4 Å². The number of pyridine rings is 1. The quantitative estimate of drug-likeness (QED) is 0.545. The van der Waals surface area contributed by atoms with Crippen molar-refractivity contribution in [2.24, 2.45) is 0 Å². The van der Waals surface area contributed by atoms with Gasteiger partial charge >= 0.3 is 0 Å². The first kappa shape index (κ1) is 19.6. The maximum atomic E-state index is 12.2. The van der Waals surface area contributed by atoms with Gasteiger partial charge in [-0.2, -0.15) is 0 Å². The van der Waals surface area contributed by atoms with Gasteiger partial charge in [0.05, 0.1) is 5.52 Å².